The molecule has 3 heteroatoms. The van der Waals surface area contributed by atoms with Crippen LogP contribution >= 0.6 is 0 Å². The summed E-state index contributed by atoms with van der Waals surface area (Å²) >= 11 is 0. The Morgan fingerprint density at radius 1 is 1.14 bits per heavy atom. The van der Waals surface area contributed by atoms with Gasteiger partial charge in [-0.05, 0) is 49.7 Å². The van der Waals surface area contributed by atoms with Crippen LogP contribution in [0.5, 0.6) is 0 Å². The van der Waals surface area contributed by atoms with E-state index in [9.17, 15) is 4.79 Å². The van der Waals surface area contributed by atoms with Crippen molar-refractivity contribution >= 4 is 16.9 Å². The van der Waals surface area contributed by atoms with Gasteiger partial charge in [0.25, 0.3) is 0 Å². The van der Waals surface area contributed by atoms with Gasteiger partial charge < -0.3 is 5.11 Å². The number of carbonyl (C=O) groups is 1. The minimum atomic E-state index is -0.600. The number of pyridine rings is 1. The Balaban J connectivity index is 1.51. The molecule has 2 fully saturated rings. The summed E-state index contributed by atoms with van der Waals surface area (Å²) in [6, 6.07) is 12.5. The number of hydrogen-bond acceptors (Lipinski definition) is 2. The molecule has 21 heavy (non-hydrogen) atoms. The van der Waals surface area contributed by atoms with Gasteiger partial charge in [0.2, 0.25) is 0 Å². The largest absolute Gasteiger partial charge is 0.481 e. The maximum Gasteiger partial charge on any atom is 0.307 e. The third-order valence-electron chi connectivity index (χ3n) is 5.51. The van der Waals surface area contributed by atoms with Crippen LogP contribution in [-0.4, -0.2) is 16.1 Å². The average molecular weight is 281 g/mol. The molecule has 2 aromatic rings. The molecule has 1 spiro atoms. The monoisotopic (exact) mass is 281 g/mol. The molecule has 0 radical (unpaired) electrons. The van der Waals surface area contributed by atoms with Crippen molar-refractivity contribution in [3.05, 3.63) is 42.1 Å². The fourth-order valence-electron chi connectivity index (χ4n) is 4.05. The Morgan fingerprint density at radius 3 is 2.62 bits per heavy atom. The van der Waals surface area contributed by atoms with Gasteiger partial charge in [-0.2, -0.15) is 0 Å². The normalized spacial score (nSPS) is 31.4. The number of para-hydroxylation sites is 1. The van der Waals surface area contributed by atoms with E-state index >= 15 is 0 Å². The molecule has 3 nitrogen and oxygen atoms in total. The summed E-state index contributed by atoms with van der Waals surface area (Å²) < 4.78 is 0. The van der Waals surface area contributed by atoms with E-state index in [0.717, 1.165) is 37.6 Å². The molecule has 2 saturated carbocycles. The first-order chi connectivity index (χ1) is 10.2. The average Bonchev–Trinajstić information content (AvgIpc) is 3.22. The first-order valence-corrected chi connectivity index (χ1v) is 7.76. The molecule has 1 unspecified atom stereocenters. The molecule has 4 rings (SSSR count). The van der Waals surface area contributed by atoms with Crippen molar-refractivity contribution in [2.45, 2.75) is 38.0 Å². The van der Waals surface area contributed by atoms with Gasteiger partial charge in [-0.25, -0.2) is 0 Å². The third kappa shape index (κ3) is 2.11. The number of carboxylic acid groups (broad SMARTS) is 1. The van der Waals surface area contributed by atoms with Crippen molar-refractivity contribution in [2.75, 3.05) is 0 Å². The van der Waals surface area contributed by atoms with Crippen LogP contribution < -0.4 is 0 Å². The SMILES string of the molecule is O=C(O)C1CC12CCC(c1ccc3ccccc3n1)CC2. The number of hydrogen-bond donors (Lipinski definition) is 1. The summed E-state index contributed by atoms with van der Waals surface area (Å²) in [5, 5.41) is 10.3. The van der Waals surface area contributed by atoms with Crippen molar-refractivity contribution in [1.29, 1.82) is 0 Å². The van der Waals surface area contributed by atoms with Crippen LogP contribution in [0.15, 0.2) is 36.4 Å². The number of carboxylic acids is 1. The van der Waals surface area contributed by atoms with Crippen LogP contribution in [0.25, 0.3) is 10.9 Å². The zero-order valence-corrected chi connectivity index (χ0v) is 12.0. The number of nitrogens with zero attached hydrogens (tertiary/aromatic N) is 1. The highest BCUT2D eigenvalue weighted by Crippen LogP contribution is 2.63. The highest BCUT2D eigenvalue weighted by molar-refractivity contribution is 5.78. The molecule has 1 aromatic heterocycles. The van der Waals surface area contributed by atoms with E-state index in [1.54, 1.807) is 0 Å². The molecule has 1 atom stereocenters. The van der Waals surface area contributed by atoms with Crippen molar-refractivity contribution in [1.82, 2.24) is 4.98 Å². The smallest absolute Gasteiger partial charge is 0.307 e. The Bertz CT molecular complexity index is 701. The zero-order valence-electron chi connectivity index (χ0n) is 12.0. The number of aromatic nitrogens is 1. The van der Waals surface area contributed by atoms with Crippen molar-refractivity contribution in [3.8, 4) is 0 Å². The fourth-order valence-corrected chi connectivity index (χ4v) is 4.05. The highest BCUT2D eigenvalue weighted by atomic mass is 16.4. The second-order valence-corrected chi connectivity index (χ2v) is 6.66. The first-order valence-electron chi connectivity index (χ1n) is 7.76. The minimum absolute atomic E-state index is 0.0805. The highest BCUT2D eigenvalue weighted by Gasteiger charge is 2.58. The standard InChI is InChI=1S/C18H19NO2/c20-17(21)14-11-18(14)9-7-13(8-10-18)16-6-5-12-3-1-2-4-15(12)19-16/h1-6,13-14H,7-11H2,(H,20,21). The number of fused-ring (bicyclic) bond motifs is 1. The van der Waals surface area contributed by atoms with Crippen LogP contribution in [0.1, 0.15) is 43.7 Å². The van der Waals surface area contributed by atoms with Gasteiger partial charge in [-0.1, -0.05) is 24.3 Å². The molecule has 0 aliphatic heterocycles. The van der Waals surface area contributed by atoms with E-state index in [-0.39, 0.29) is 11.3 Å². The zero-order chi connectivity index (χ0) is 14.4. The first kappa shape index (κ1) is 12.8. The predicted octanol–water partition coefficient (Wildman–Crippen LogP) is 3.98. The fraction of sp³-hybridized carbons (Fsp3) is 0.444. The summed E-state index contributed by atoms with van der Waals surface area (Å²) in [6.45, 7) is 0. The van der Waals surface area contributed by atoms with Gasteiger partial charge in [0.05, 0.1) is 11.4 Å². The van der Waals surface area contributed by atoms with Crippen molar-refractivity contribution < 1.29 is 9.90 Å². The van der Waals surface area contributed by atoms with Crippen LogP contribution in [0, 0.1) is 11.3 Å². The molecule has 0 amide bonds. The molecule has 1 N–H and O–H groups in total. The van der Waals surface area contributed by atoms with Gasteiger partial charge in [0.1, 0.15) is 0 Å². The maximum atomic E-state index is 11.1. The summed E-state index contributed by atoms with van der Waals surface area (Å²) in [5.74, 6) is -0.185. The van der Waals surface area contributed by atoms with Crippen LogP contribution in [-0.2, 0) is 4.79 Å². The van der Waals surface area contributed by atoms with Crippen molar-refractivity contribution in [3.63, 3.8) is 0 Å². The van der Waals surface area contributed by atoms with E-state index < -0.39 is 5.97 Å². The summed E-state index contributed by atoms with van der Waals surface area (Å²) in [6.07, 6.45) is 5.14. The van der Waals surface area contributed by atoms with Gasteiger partial charge in [0.15, 0.2) is 0 Å². The van der Waals surface area contributed by atoms with Crippen LogP contribution in [0.2, 0.25) is 0 Å². The lowest BCUT2D eigenvalue weighted by atomic mass is 9.77. The molecule has 0 bridgehead atoms. The predicted molar refractivity (Wildman–Crippen MR) is 81.1 cm³/mol. The molecular weight excluding hydrogens is 262 g/mol. The summed E-state index contributed by atoms with van der Waals surface area (Å²) in [5.41, 5.74) is 2.36. The van der Waals surface area contributed by atoms with E-state index in [1.165, 1.54) is 11.1 Å². The maximum absolute atomic E-state index is 11.1. The van der Waals surface area contributed by atoms with E-state index in [2.05, 4.69) is 24.3 Å². The van der Waals surface area contributed by atoms with E-state index in [0.29, 0.717) is 5.92 Å². The Morgan fingerprint density at radius 2 is 1.90 bits per heavy atom. The molecule has 1 heterocycles. The van der Waals surface area contributed by atoms with Gasteiger partial charge in [0, 0.05) is 17.0 Å². The van der Waals surface area contributed by atoms with Crippen LogP contribution in [0.3, 0.4) is 0 Å². The Labute approximate surface area is 124 Å². The lowest BCUT2D eigenvalue weighted by Gasteiger charge is -2.28. The second-order valence-electron chi connectivity index (χ2n) is 6.66. The molecular formula is C18H19NO2. The second kappa shape index (κ2) is 4.55. The molecule has 0 saturated heterocycles. The lowest BCUT2D eigenvalue weighted by Crippen LogP contribution is -2.19. The van der Waals surface area contributed by atoms with Gasteiger partial charge in [-0.3, -0.25) is 9.78 Å². The van der Waals surface area contributed by atoms with Crippen molar-refractivity contribution in [2.24, 2.45) is 11.3 Å². The van der Waals surface area contributed by atoms with Gasteiger partial charge in [-0.15, -0.1) is 0 Å². The molecule has 108 valence electrons. The van der Waals surface area contributed by atoms with Crippen LogP contribution in [0.4, 0.5) is 0 Å². The summed E-state index contributed by atoms with van der Waals surface area (Å²) in [4.78, 5) is 15.9. The van der Waals surface area contributed by atoms with Gasteiger partial charge >= 0.3 is 5.97 Å². The lowest BCUT2D eigenvalue weighted by molar-refractivity contribution is -0.139. The Kier molecular flexibility index (Phi) is 2.78. The number of benzene rings is 1. The molecule has 1 aromatic carbocycles. The quantitative estimate of drug-likeness (QED) is 0.905. The number of aliphatic carboxylic acids is 1. The summed E-state index contributed by atoms with van der Waals surface area (Å²) in [7, 11) is 0. The number of rotatable bonds is 2. The molecule has 2 aliphatic carbocycles. The minimum Gasteiger partial charge on any atom is -0.481 e. The topological polar surface area (TPSA) is 50.2 Å². The van der Waals surface area contributed by atoms with E-state index in [1.807, 2.05) is 12.1 Å². The van der Waals surface area contributed by atoms with E-state index in [4.69, 9.17) is 10.1 Å². The Hall–Kier alpha value is -1.90. The molecule has 2 aliphatic rings. The third-order valence-corrected chi connectivity index (χ3v) is 5.51.